The Morgan fingerprint density at radius 1 is 1.15 bits per heavy atom. The van der Waals surface area contributed by atoms with E-state index in [-0.39, 0.29) is 26.8 Å². The van der Waals surface area contributed by atoms with Gasteiger partial charge in [-0.1, -0.05) is 12.5 Å². The first-order valence-corrected chi connectivity index (χ1v) is 12.6. The molecule has 3 N–H and O–H groups in total. The minimum Gasteiger partial charge on any atom is -0.366 e. The molecule has 0 spiro atoms. The van der Waals surface area contributed by atoms with E-state index >= 15 is 0 Å². The zero-order valence-electron chi connectivity index (χ0n) is 17.9. The van der Waals surface area contributed by atoms with E-state index in [1.807, 2.05) is 0 Å². The van der Waals surface area contributed by atoms with E-state index in [9.17, 15) is 28.1 Å². The molecule has 0 bridgehead atoms. The molecule has 0 saturated carbocycles. The Hall–Kier alpha value is -2.96. The van der Waals surface area contributed by atoms with Crippen molar-refractivity contribution in [3.8, 4) is 0 Å². The second-order valence-electron chi connectivity index (χ2n) is 7.58. The Kier molecular flexibility index (Phi) is 7.72. The Balaban J connectivity index is 1.73. The van der Waals surface area contributed by atoms with Crippen LogP contribution in [0.2, 0.25) is 0 Å². The highest BCUT2D eigenvalue weighted by Gasteiger charge is 2.26. The summed E-state index contributed by atoms with van der Waals surface area (Å²) in [6.07, 6.45) is 2.64. The molecule has 2 amide bonds. The highest BCUT2D eigenvalue weighted by molar-refractivity contribution is 8.00. The van der Waals surface area contributed by atoms with Crippen LogP contribution in [-0.4, -0.2) is 48.3 Å². The summed E-state index contributed by atoms with van der Waals surface area (Å²) in [5, 5.41) is 14.0. The van der Waals surface area contributed by atoms with Crippen molar-refractivity contribution in [3.63, 3.8) is 0 Å². The minimum atomic E-state index is -3.65. The third-order valence-electron chi connectivity index (χ3n) is 5.23. The molecule has 1 aliphatic heterocycles. The number of amides is 2. The van der Waals surface area contributed by atoms with Crippen molar-refractivity contribution >= 4 is 45.0 Å². The Bertz CT molecular complexity index is 1190. The van der Waals surface area contributed by atoms with Crippen LogP contribution < -0.4 is 11.1 Å². The van der Waals surface area contributed by atoms with Gasteiger partial charge in [-0.3, -0.25) is 19.7 Å². The molecule has 1 saturated heterocycles. The van der Waals surface area contributed by atoms with E-state index < -0.39 is 26.8 Å². The van der Waals surface area contributed by atoms with Crippen LogP contribution in [-0.2, 0) is 14.8 Å². The van der Waals surface area contributed by atoms with Gasteiger partial charge in [0.15, 0.2) is 0 Å². The molecule has 0 aromatic heterocycles. The number of hydrogen-bond donors (Lipinski definition) is 2. The summed E-state index contributed by atoms with van der Waals surface area (Å²) in [6, 6.07) is 8.38. The number of primary amides is 1. The van der Waals surface area contributed by atoms with Gasteiger partial charge in [0.1, 0.15) is 0 Å². The van der Waals surface area contributed by atoms with Crippen molar-refractivity contribution in [2.24, 2.45) is 5.73 Å². The van der Waals surface area contributed by atoms with Crippen LogP contribution >= 0.6 is 11.8 Å². The number of thioether (sulfide) groups is 1. The predicted octanol–water partition coefficient (Wildman–Crippen LogP) is 2.91. The van der Waals surface area contributed by atoms with Gasteiger partial charge in [0.05, 0.1) is 20.5 Å². The summed E-state index contributed by atoms with van der Waals surface area (Å²) in [5.41, 5.74) is 5.88. The number of nitrogens with zero attached hydrogens (tertiary/aromatic N) is 2. The molecular weight excluding hydrogens is 468 g/mol. The summed E-state index contributed by atoms with van der Waals surface area (Å²) in [7, 11) is -3.65. The van der Waals surface area contributed by atoms with Crippen LogP contribution in [0.1, 0.15) is 35.2 Å². The van der Waals surface area contributed by atoms with E-state index in [2.05, 4.69) is 5.32 Å². The smallest absolute Gasteiger partial charge is 0.283 e. The van der Waals surface area contributed by atoms with Crippen molar-refractivity contribution in [3.05, 3.63) is 57.6 Å². The molecule has 1 heterocycles. The van der Waals surface area contributed by atoms with Gasteiger partial charge in [-0.05, 0) is 49.6 Å². The number of nitrogens with one attached hydrogen (secondary N) is 1. The van der Waals surface area contributed by atoms with Crippen LogP contribution in [0.5, 0.6) is 0 Å². The number of anilines is 1. The first-order chi connectivity index (χ1) is 15.6. The molecule has 33 heavy (non-hydrogen) atoms. The SMILES string of the molecule is Cc1ccc(S(=O)(=O)N2CCCCC2)cc1NC(=O)CSc1ccc(C(N)=O)cc1[N+](=O)[O-]. The number of carbonyl (C=O) groups is 2. The van der Waals surface area contributed by atoms with Crippen LogP contribution in [0.3, 0.4) is 0 Å². The molecule has 176 valence electrons. The van der Waals surface area contributed by atoms with Crippen molar-refractivity contribution in [2.75, 3.05) is 24.2 Å². The molecular formula is C21H24N4O6S2. The Labute approximate surface area is 195 Å². The minimum absolute atomic E-state index is 0.00199. The predicted molar refractivity (Wildman–Crippen MR) is 125 cm³/mol. The van der Waals surface area contributed by atoms with Crippen molar-refractivity contribution < 1.29 is 22.9 Å². The topological polar surface area (TPSA) is 153 Å². The van der Waals surface area contributed by atoms with E-state index in [1.54, 1.807) is 13.0 Å². The van der Waals surface area contributed by atoms with Gasteiger partial charge in [0.2, 0.25) is 21.8 Å². The van der Waals surface area contributed by atoms with Crippen LogP contribution in [0.15, 0.2) is 46.2 Å². The Morgan fingerprint density at radius 2 is 1.85 bits per heavy atom. The number of nitro benzene ring substituents is 1. The van der Waals surface area contributed by atoms with Gasteiger partial charge in [-0.2, -0.15) is 4.31 Å². The van der Waals surface area contributed by atoms with E-state index in [4.69, 9.17) is 5.73 Å². The van der Waals surface area contributed by atoms with Gasteiger partial charge >= 0.3 is 0 Å². The maximum absolute atomic E-state index is 12.9. The molecule has 1 fully saturated rings. The number of aryl methyl sites for hydroxylation is 1. The molecule has 2 aromatic rings. The maximum atomic E-state index is 12.9. The number of nitrogens with two attached hydrogens (primary N) is 1. The fraction of sp³-hybridized carbons (Fsp3) is 0.333. The molecule has 0 unspecified atom stereocenters. The van der Waals surface area contributed by atoms with Crippen LogP contribution in [0.25, 0.3) is 0 Å². The fourth-order valence-corrected chi connectivity index (χ4v) is 5.76. The first-order valence-electron chi connectivity index (χ1n) is 10.2. The fourth-order valence-electron chi connectivity index (χ4n) is 3.42. The van der Waals surface area contributed by atoms with Crippen LogP contribution in [0.4, 0.5) is 11.4 Å². The van der Waals surface area contributed by atoms with Gasteiger partial charge in [0, 0.05) is 30.4 Å². The third kappa shape index (κ3) is 5.89. The summed E-state index contributed by atoms with van der Waals surface area (Å²) in [6.45, 7) is 2.69. The highest BCUT2D eigenvalue weighted by Crippen LogP contribution is 2.31. The lowest BCUT2D eigenvalue weighted by atomic mass is 10.2. The van der Waals surface area contributed by atoms with E-state index in [0.717, 1.165) is 37.1 Å². The van der Waals surface area contributed by atoms with Gasteiger partial charge in [-0.25, -0.2) is 8.42 Å². The lowest BCUT2D eigenvalue weighted by Gasteiger charge is -2.26. The number of benzene rings is 2. The highest BCUT2D eigenvalue weighted by atomic mass is 32.2. The quantitative estimate of drug-likeness (QED) is 0.326. The molecule has 0 radical (unpaired) electrons. The largest absolute Gasteiger partial charge is 0.366 e. The average Bonchev–Trinajstić information content (AvgIpc) is 2.79. The summed E-state index contributed by atoms with van der Waals surface area (Å²) in [4.78, 5) is 34.8. The Morgan fingerprint density at radius 3 is 2.48 bits per heavy atom. The first kappa shape index (κ1) is 24.7. The summed E-state index contributed by atoms with van der Waals surface area (Å²) < 4.78 is 27.3. The maximum Gasteiger partial charge on any atom is 0.283 e. The normalized spacial score (nSPS) is 14.6. The molecule has 2 aromatic carbocycles. The van der Waals surface area contributed by atoms with Gasteiger partial charge < -0.3 is 11.1 Å². The zero-order chi connectivity index (χ0) is 24.2. The molecule has 0 aliphatic carbocycles. The molecule has 1 aliphatic rings. The standard InChI is InChI=1S/C21H24N4O6S2/c1-14-5-7-16(33(30,31)24-9-3-2-4-10-24)12-17(14)23-20(26)13-32-19-8-6-15(21(22)27)11-18(19)25(28)29/h5-8,11-12H,2-4,9-10,13H2,1H3,(H2,22,27)(H,23,26). The third-order valence-corrected chi connectivity index (χ3v) is 8.19. The molecule has 3 rings (SSSR count). The number of sulfonamides is 1. The van der Waals surface area contributed by atoms with E-state index in [0.29, 0.717) is 24.3 Å². The molecule has 0 atom stereocenters. The van der Waals surface area contributed by atoms with Crippen LogP contribution in [0, 0.1) is 17.0 Å². The lowest BCUT2D eigenvalue weighted by Crippen LogP contribution is -2.35. The second kappa shape index (κ2) is 10.3. The number of carbonyl (C=O) groups excluding carboxylic acids is 2. The second-order valence-corrected chi connectivity index (χ2v) is 10.5. The zero-order valence-corrected chi connectivity index (χ0v) is 19.6. The van der Waals surface area contributed by atoms with Crippen molar-refractivity contribution in [1.82, 2.24) is 4.31 Å². The number of nitro groups is 1. The van der Waals surface area contributed by atoms with Crippen molar-refractivity contribution in [2.45, 2.75) is 36.0 Å². The van der Waals surface area contributed by atoms with E-state index in [1.165, 1.54) is 28.6 Å². The summed E-state index contributed by atoms with van der Waals surface area (Å²) in [5.74, 6) is -1.40. The van der Waals surface area contributed by atoms with Gasteiger partial charge in [-0.15, -0.1) is 11.8 Å². The van der Waals surface area contributed by atoms with Crippen molar-refractivity contribution in [1.29, 1.82) is 0 Å². The average molecular weight is 493 g/mol. The number of hydrogen-bond acceptors (Lipinski definition) is 7. The molecule has 10 nitrogen and oxygen atoms in total. The number of piperidine rings is 1. The number of rotatable bonds is 8. The van der Waals surface area contributed by atoms with Gasteiger partial charge in [0.25, 0.3) is 5.69 Å². The molecule has 12 heteroatoms. The summed E-state index contributed by atoms with van der Waals surface area (Å²) >= 11 is 0.929. The monoisotopic (exact) mass is 492 g/mol. The lowest BCUT2D eigenvalue weighted by molar-refractivity contribution is -0.387.